The lowest BCUT2D eigenvalue weighted by Gasteiger charge is -2.19. The van der Waals surface area contributed by atoms with Gasteiger partial charge in [-0.3, -0.25) is 4.79 Å². The second kappa shape index (κ2) is 9.61. The summed E-state index contributed by atoms with van der Waals surface area (Å²) in [4.78, 5) is 19.2. The highest BCUT2D eigenvalue weighted by molar-refractivity contribution is 14.1. The van der Waals surface area contributed by atoms with Crippen molar-refractivity contribution in [2.45, 2.75) is 20.4 Å². The van der Waals surface area contributed by atoms with Gasteiger partial charge in [0.25, 0.3) is 5.91 Å². The normalized spacial score (nSPS) is 10.3. The van der Waals surface area contributed by atoms with Crippen molar-refractivity contribution in [2.24, 2.45) is 0 Å². The topological polar surface area (TPSA) is 63.7 Å². The Morgan fingerprint density at radius 3 is 2.35 bits per heavy atom. The van der Waals surface area contributed by atoms with Crippen LogP contribution in [0.1, 0.15) is 29.8 Å². The second-order valence-electron chi connectivity index (χ2n) is 5.57. The number of pyridine rings is 1. The second-order valence-corrected chi connectivity index (χ2v) is 6.73. The van der Waals surface area contributed by atoms with E-state index in [9.17, 15) is 4.79 Å². The number of halogens is 1. The van der Waals surface area contributed by atoms with Crippen LogP contribution in [0, 0.1) is 3.57 Å². The van der Waals surface area contributed by atoms with Crippen LogP contribution >= 0.6 is 22.6 Å². The fraction of sp³-hybridized carbons (Fsp3) is 0.368. The molecule has 0 fully saturated rings. The Morgan fingerprint density at radius 2 is 1.81 bits per heavy atom. The molecule has 0 spiro atoms. The lowest BCUT2D eigenvalue weighted by molar-refractivity contribution is 0.0949. The van der Waals surface area contributed by atoms with Crippen LogP contribution in [0.4, 0.5) is 5.82 Å². The van der Waals surface area contributed by atoms with E-state index in [0.29, 0.717) is 23.6 Å². The van der Waals surface area contributed by atoms with Gasteiger partial charge in [-0.1, -0.05) is 6.07 Å². The van der Waals surface area contributed by atoms with Crippen molar-refractivity contribution in [2.75, 3.05) is 32.2 Å². The molecule has 0 unspecified atom stereocenters. The summed E-state index contributed by atoms with van der Waals surface area (Å²) in [5.74, 6) is 1.91. The quantitative estimate of drug-likeness (QED) is 0.600. The summed E-state index contributed by atoms with van der Waals surface area (Å²) in [6.45, 7) is 6.44. The first-order chi connectivity index (χ1) is 12.5. The van der Waals surface area contributed by atoms with Crippen molar-refractivity contribution < 1.29 is 14.3 Å². The SMILES string of the molecule is CCN(CC)c1ccc(CNC(=O)c2cc(OC)c(OC)cc2I)cn1. The van der Waals surface area contributed by atoms with Crippen LogP contribution in [0.5, 0.6) is 11.5 Å². The first-order valence-electron chi connectivity index (χ1n) is 8.43. The number of methoxy groups -OCH3 is 2. The van der Waals surface area contributed by atoms with Crippen LogP contribution in [0.15, 0.2) is 30.5 Å². The minimum atomic E-state index is -0.164. The summed E-state index contributed by atoms with van der Waals surface area (Å²) < 4.78 is 11.3. The number of anilines is 1. The van der Waals surface area contributed by atoms with Gasteiger partial charge in [-0.2, -0.15) is 0 Å². The van der Waals surface area contributed by atoms with Gasteiger partial charge >= 0.3 is 0 Å². The van der Waals surface area contributed by atoms with Crippen molar-refractivity contribution in [1.29, 1.82) is 0 Å². The average molecular weight is 469 g/mol. The van der Waals surface area contributed by atoms with Gasteiger partial charge in [-0.25, -0.2) is 4.98 Å². The average Bonchev–Trinajstić information content (AvgIpc) is 2.67. The zero-order valence-electron chi connectivity index (χ0n) is 15.5. The van der Waals surface area contributed by atoms with Gasteiger partial charge in [0.2, 0.25) is 0 Å². The third-order valence-corrected chi connectivity index (χ3v) is 4.96. The number of rotatable bonds is 8. The van der Waals surface area contributed by atoms with E-state index in [2.05, 4.69) is 51.6 Å². The van der Waals surface area contributed by atoms with Gasteiger partial charge in [0.15, 0.2) is 11.5 Å². The first kappa shape index (κ1) is 20.3. The Kier molecular flexibility index (Phi) is 7.50. The highest BCUT2D eigenvalue weighted by Crippen LogP contribution is 2.31. The lowest BCUT2D eigenvalue weighted by atomic mass is 10.2. The molecule has 6 nitrogen and oxygen atoms in total. The molecule has 7 heteroatoms. The van der Waals surface area contributed by atoms with Crippen molar-refractivity contribution in [3.05, 3.63) is 45.2 Å². The largest absolute Gasteiger partial charge is 0.493 e. The molecule has 2 aromatic rings. The molecule has 0 saturated heterocycles. The van der Waals surface area contributed by atoms with Crippen LogP contribution in [0.25, 0.3) is 0 Å². The maximum absolute atomic E-state index is 12.5. The number of aromatic nitrogens is 1. The predicted molar refractivity (Wildman–Crippen MR) is 111 cm³/mol. The zero-order chi connectivity index (χ0) is 19.1. The fourth-order valence-corrected chi connectivity index (χ4v) is 3.25. The van der Waals surface area contributed by atoms with Gasteiger partial charge in [0, 0.05) is 29.4 Å². The third-order valence-electron chi connectivity index (χ3n) is 4.07. The molecule has 0 radical (unpaired) electrons. The Hall–Kier alpha value is -2.03. The molecule has 0 aliphatic heterocycles. The number of hydrogen-bond acceptors (Lipinski definition) is 5. The van der Waals surface area contributed by atoms with Crippen LogP contribution < -0.4 is 19.7 Å². The molecular weight excluding hydrogens is 445 g/mol. The number of carbonyl (C=O) groups excluding carboxylic acids is 1. The van der Waals surface area contributed by atoms with Crippen molar-refractivity contribution >= 4 is 34.3 Å². The Balaban J connectivity index is 2.07. The van der Waals surface area contributed by atoms with Crippen molar-refractivity contribution in [3.63, 3.8) is 0 Å². The van der Waals surface area contributed by atoms with E-state index < -0.39 is 0 Å². The molecule has 2 rings (SSSR count). The minimum Gasteiger partial charge on any atom is -0.493 e. The van der Waals surface area contributed by atoms with Crippen LogP contribution in [-0.4, -0.2) is 38.2 Å². The van der Waals surface area contributed by atoms with Crippen LogP contribution in [-0.2, 0) is 6.54 Å². The smallest absolute Gasteiger partial charge is 0.252 e. The molecule has 0 saturated carbocycles. The maximum atomic E-state index is 12.5. The summed E-state index contributed by atoms with van der Waals surface area (Å²) in [6.07, 6.45) is 1.80. The standard InChI is InChI=1S/C19H24IN3O3/c1-5-23(6-2)18-8-7-13(11-21-18)12-22-19(24)14-9-16(25-3)17(26-4)10-15(14)20/h7-11H,5-6,12H2,1-4H3,(H,22,24). The Bertz CT molecular complexity index is 746. The van der Waals surface area contributed by atoms with E-state index in [4.69, 9.17) is 9.47 Å². The number of amides is 1. The van der Waals surface area contributed by atoms with Gasteiger partial charge in [0.05, 0.1) is 19.8 Å². The van der Waals surface area contributed by atoms with Gasteiger partial charge < -0.3 is 19.7 Å². The summed E-state index contributed by atoms with van der Waals surface area (Å²) in [6, 6.07) is 7.45. The van der Waals surface area contributed by atoms with E-state index in [1.165, 1.54) is 0 Å². The number of nitrogens with zero attached hydrogens (tertiary/aromatic N) is 2. The molecule has 0 atom stereocenters. The van der Waals surface area contributed by atoms with E-state index in [1.54, 1.807) is 32.5 Å². The van der Waals surface area contributed by atoms with Gasteiger partial charge in [-0.15, -0.1) is 0 Å². The maximum Gasteiger partial charge on any atom is 0.252 e. The van der Waals surface area contributed by atoms with Gasteiger partial charge in [-0.05, 0) is 60.2 Å². The van der Waals surface area contributed by atoms with Crippen LogP contribution in [0.2, 0.25) is 0 Å². The van der Waals surface area contributed by atoms with E-state index in [0.717, 1.165) is 28.0 Å². The number of hydrogen-bond donors (Lipinski definition) is 1. The number of benzene rings is 1. The number of ether oxygens (including phenoxy) is 2. The molecular formula is C19H24IN3O3. The molecule has 0 aliphatic carbocycles. The minimum absolute atomic E-state index is 0.164. The lowest BCUT2D eigenvalue weighted by Crippen LogP contribution is -2.25. The number of nitrogens with one attached hydrogen (secondary N) is 1. The molecule has 140 valence electrons. The van der Waals surface area contributed by atoms with Gasteiger partial charge in [0.1, 0.15) is 5.82 Å². The number of carbonyl (C=O) groups is 1. The third kappa shape index (κ3) is 4.78. The van der Waals surface area contributed by atoms with E-state index in [1.807, 2.05) is 12.1 Å². The molecule has 0 bridgehead atoms. The van der Waals surface area contributed by atoms with Crippen molar-refractivity contribution in [1.82, 2.24) is 10.3 Å². The molecule has 0 aliphatic rings. The molecule has 1 aromatic heterocycles. The summed E-state index contributed by atoms with van der Waals surface area (Å²) in [5.41, 5.74) is 1.50. The monoisotopic (exact) mass is 469 g/mol. The highest BCUT2D eigenvalue weighted by Gasteiger charge is 2.15. The first-order valence-corrected chi connectivity index (χ1v) is 9.51. The van der Waals surface area contributed by atoms with E-state index >= 15 is 0 Å². The Morgan fingerprint density at radius 1 is 1.15 bits per heavy atom. The molecule has 1 amide bonds. The molecule has 1 aromatic carbocycles. The molecule has 26 heavy (non-hydrogen) atoms. The summed E-state index contributed by atoms with van der Waals surface area (Å²) in [7, 11) is 3.12. The summed E-state index contributed by atoms with van der Waals surface area (Å²) in [5, 5.41) is 2.93. The highest BCUT2D eigenvalue weighted by atomic mass is 127. The van der Waals surface area contributed by atoms with Crippen molar-refractivity contribution in [3.8, 4) is 11.5 Å². The summed E-state index contributed by atoms with van der Waals surface area (Å²) >= 11 is 2.12. The Labute approximate surface area is 168 Å². The fourth-order valence-electron chi connectivity index (χ4n) is 2.56. The zero-order valence-corrected chi connectivity index (χ0v) is 17.7. The van der Waals surface area contributed by atoms with E-state index in [-0.39, 0.29) is 5.91 Å². The predicted octanol–water partition coefficient (Wildman–Crippen LogP) is 3.48. The molecule has 1 heterocycles. The molecule has 1 N–H and O–H groups in total. The van der Waals surface area contributed by atoms with Crippen LogP contribution in [0.3, 0.4) is 0 Å².